The number of ether oxygens (including phenoxy) is 1. The normalized spacial score (nSPS) is 13.3. The number of hydrogen-bond donors (Lipinski definition) is 1. The Hall–Kier alpha value is -2.56. The summed E-state index contributed by atoms with van der Waals surface area (Å²) in [5.41, 5.74) is 3.65. The largest absolute Gasteiger partial charge is 0.493 e. The Kier molecular flexibility index (Phi) is 5.53. The molecule has 2 aromatic carbocycles. The third-order valence-electron chi connectivity index (χ3n) is 4.36. The van der Waals surface area contributed by atoms with Gasteiger partial charge < -0.3 is 15.0 Å². The number of fused-ring (bicyclic) bond motifs is 1. The van der Waals surface area contributed by atoms with Crippen LogP contribution in [0.1, 0.15) is 16.7 Å². The topological polar surface area (TPSA) is 36.9 Å². The maximum atomic E-state index is 13.0. The average molecular weight is 341 g/mol. The summed E-state index contributed by atoms with van der Waals surface area (Å²) in [7, 11) is 3.75. The number of rotatable bonds is 5. The van der Waals surface area contributed by atoms with Gasteiger partial charge in [-0.3, -0.25) is 4.99 Å². The van der Waals surface area contributed by atoms with Gasteiger partial charge in [0.15, 0.2) is 5.96 Å². The number of guanidine groups is 1. The van der Waals surface area contributed by atoms with Crippen LogP contribution >= 0.6 is 0 Å². The van der Waals surface area contributed by atoms with Crippen LogP contribution in [0.3, 0.4) is 0 Å². The first-order valence-corrected chi connectivity index (χ1v) is 8.56. The lowest BCUT2D eigenvalue weighted by Gasteiger charge is -2.22. The second kappa shape index (κ2) is 8.01. The first kappa shape index (κ1) is 17.3. The molecule has 1 aliphatic rings. The third-order valence-corrected chi connectivity index (χ3v) is 4.36. The van der Waals surface area contributed by atoms with Gasteiger partial charge in [0.2, 0.25) is 0 Å². The van der Waals surface area contributed by atoms with E-state index in [2.05, 4.69) is 28.5 Å². The lowest BCUT2D eigenvalue weighted by atomic mass is 10.1. The summed E-state index contributed by atoms with van der Waals surface area (Å²) < 4.78 is 18.5. The minimum atomic E-state index is -0.214. The fraction of sp³-hybridized carbons (Fsp3) is 0.350. The first-order valence-electron chi connectivity index (χ1n) is 8.56. The zero-order valence-corrected chi connectivity index (χ0v) is 14.8. The molecule has 0 spiro atoms. The molecular weight excluding hydrogens is 317 g/mol. The Morgan fingerprint density at radius 3 is 2.72 bits per heavy atom. The molecule has 0 radical (unpaired) electrons. The standard InChI is InChI=1S/C20H24FN3O/c1-22-20(24(2)14-16-3-6-18(21)7-4-16)23-11-9-15-5-8-19-17(13-15)10-12-25-19/h3-8,13H,9-12,14H2,1-2H3,(H,22,23). The highest BCUT2D eigenvalue weighted by molar-refractivity contribution is 5.79. The first-order chi connectivity index (χ1) is 12.2. The van der Waals surface area contributed by atoms with Gasteiger partial charge in [-0.2, -0.15) is 0 Å². The number of nitrogens with one attached hydrogen (secondary N) is 1. The molecule has 1 heterocycles. The molecule has 3 rings (SSSR count). The zero-order valence-electron chi connectivity index (χ0n) is 14.8. The molecule has 25 heavy (non-hydrogen) atoms. The molecule has 0 bridgehead atoms. The van der Waals surface area contributed by atoms with Crippen molar-refractivity contribution in [1.29, 1.82) is 0 Å². The van der Waals surface area contributed by atoms with Crippen LogP contribution < -0.4 is 10.1 Å². The maximum absolute atomic E-state index is 13.0. The third kappa shape index (κ3) is 4.50. The highest BCUT2D eigenvalue weighted by Crippen LogP contribution is 2.25. The van der Waals surface area contributed by atoms with Gasteiger partial charge in [0, 0.05) is 33.6 Å². The minimum absolute atomic E-state index is 0.214. The van der Waals surface area contributed by atoms with Gasteiger partial charge in [0.1, 0.15) is 11.6 Å². The molecule has 0 atom stereocenters. The van der Waals surface area contributed by atoms with Crippen LogP contribution in [0.15, 0.2) is 47.5 Å². The monoisotopic (exact) mass is 341 g/mol. The number of aliphatic imine (C=N–C) groups is 1. The van der Waals surface area contributed by atoms with Gasteiger partial charge in [0.05, 0.1) is 6.61 Å². The maximum Gasteiger partial charge on any atom is 0.193 e. The van der Waals surface area contributed by atoms with Gasteiger partial charge in [-0.05, 0) is 41.3 Å². The van der Waals surface area contributed by atoms with E-state index >= 15 is 0 Å². The molecule has 0 unspecified atom stereocenters. The molecule has 0 saturated heterocycles. The average Bonchev–Trinajstić information content (AvgIpc) is 3.08. The van der Waals surface area contributed by atoms with E-state index in [0.717, 1.165) is 43.3 Å². The van der Waals surface area contributed by atoms with Crippen LogP contribution in [0.25, 0.3) is 0 Å². The van der Waals surface area contributed by atoms with Crippen molar-refractivity contribution < 1.29 is 9.13 Å². The predicted molar refractivity (Wildman–Crippen MR) is 98.6 cm³/mol. The quantitative estimate of drug-likeness (QED) is 0.671. The Balaban J connectivity index is 1.51. The zero-order chi connectivity index (χ0) is 17.6. The Labute approximate surface area is 148 Å². The molecule has 0 fully saturated rings. The van der Waals surface area contributed by atoms with Crippen LogP contribution in [0.5, 0.6) is 5.75 Å². The van der Waals surface area contributed by atoms with E-state index in [1.807, 2.05) is 11.9 Å². The van der Waals surface area contributed by atoms with Crippen molar-refractivity contribution in [2.24, 2.45) is 4.99 Å². The highest BCUT2D eigenvalue weighted by atomic mass is 19.1. The van der Waals surface area contributed by atoms with E-state index in [0.29, 0.717) is 6.54 Å². The van der Waals surface area contributed by atoms with Crippen molar-refractivity contribution in [3.63, 3.8) is 0 Å². The molecule has 0 aromatic heterocycles. The predicted octanol–water partition coefficient (Wildman–Crippen LogP) is 3.01. The van der Waals surface area contributed by atoms with Crippen molar-refractivity contribution >= 4 is 5.96 Å². The second-order valence-electron chi connectivity index (χ2n) is 6.25. The van der Waals surface area contributed by atoms with E-state index in [4.69, 9.17) is 4.74 Å². The van der Waals surface area contributed by atoms with E-state index in [1.165, 1.54) is 23.3 Å². The molecule has 0 aliphatic carbocycles. The van der Waals surface area contributed by atoms with Gasteiger partial charge in [-0.1, -0.05) is 24.3 Å². The Morgan fingerprint density at radius 2 is 1.96 bits per heavy atom. The molecule has 1 aliphatic heterocycles. The van der Waals surface area contributed by atoms with Crippen molar-refractivity contribution in [3.05, 3.63) is 65.0 Å². The van der Waals surface area contributed by atoms with Crippen LogP contribution in [-0.4, -0.2) is 38.1 Å². The van der Waals surface area contributed by atoms with E-state index in [1.54, 1.807) is 19.2 Å². The van der Waals surface area contributed by atoms with Crippen molar-refractivity contribution in [1.82, 2.24) is 10.2 Å². The van der Waals surface area contributed by atoms with Crippen molar-refractivity contribution in [2.45, 2.75) is 19.4 Å². The summed E-state index contributed by atoms with van der Waals surface area (Å²) in [5, 5.41) is 3.39. The highest BCUT2D eigenvalue weighted by Gasteiger charge is 2.12. The summed E-state index contributed by atoms with van der Waals surface area (Å²) >= 11 is 0. The van der Waals surface area contributed by atoms with Gasteiger partial charge in [0.25, 0.3) is 0 Å². The number of nitrogens with zero attached hydrogens (tertiary/aromatic N) is 2. The molecule has 0 saturated carbocycles. The van der Waals surface area contributed by atoms with Gasteiger partial charge in [-0.15, -0.1) is 0 Å². The number of halogens is 1. The smallest absolute Gasteiger partial charge is 0.193 e. The molecule has 1 N–H and O–H groups in total. The Morgan fingerprint density at radius 1 is 1.20 bits per heavy atom. The van der Waals surface area contributed by atoms with Crippen LogP contribution in [0.2, 0.25) is 0 Å². The van der Waals surface area contributed by atoms with Crippen molar-refractivity contribution in [2.75, 3.05) is 27.2 Å². The van der Waals surface area contributed by atoms with E-state index in [9.17, 15) is 4.39 Å². The van der Waals surface area contributed by atoms with Crippen LogP contribution in [0.4, 0.5) is 4.39 Å². The van der Waals surface area contributed by atoms with E-state index < -0.39 is 0 Å². The van der Waals surface area contributed by atoms with E-state index in [-0.39, 0.29) is 5.82 Å². The minimum Gasteiger partial charge on any atom is -0.493 e. The molecule has 0 amide bonds. The van der Waals surface area contributed by atoms with Crippen molar-refractivity contribution in [3.8, 4) is 5.75 Å². The van der Waals surface area contributed by atoms with Gasteiger partial charge >= 0.3 is 0 Å². The number of benzene rings is 2. The summed E-state index contributed by atoms with van der Waals surface area (Å²) in [6.45, 7) is 2.27. The summed E-state index contributed by atoms with van der Waals surface area (Å²) in [4.78, 5) is 6.36. The SMILES string of the molecule is CN=C(NCCc1ccc2c(c1)CCO2)N(C)Cc1ccc(F)cc1. The molecule has 2 aromatic rings. The summed E-state index contributed by atoms with van der Waals surface area (Å²) in [6.07, 6.45) is 1.93. The molecule has 5 heteroatoms. The van der Waals surface area contributed by atoms with Crippen LogP contribution in [-0.2, 0) is 19.4 Å². The second-order valence-corrected chi connectivity index (χ2v) is 6.25. The fourth-order valence-corrected chi connectivity index (χ4v) is 3.04. The van der Waals surface area contributed by atoms with Gasteiger partial charge in [-0.25, -0.2) is 4.39 Å². The molecule has 4 nitrogen and oxygen atoms in total. The summed E-state index contributed by atoms with van der Waals surface area (Å²) in [6, 6.07) is 13.0. The summed E-state index contributed by atoms with van der Waals surface area (Å²) in [5.74, 6) is 1.63. The fourth-order valence-electron chi connectivity index (χ4n) is 3.04. The lowest BCUT2D eigenvalue weighted by Crippen LogP contribution is -2.39. The number of hydrogen-bond acceptors (Lipinski definition) is 2. The molecular formula is C20H24FN3O. The lowest BCUT2D eigenvalue weighted by molar-refractivity contribution is 0.357. The van der Waals surface area contributed by atoms with Crippen LogP contribution in [0, 0.1) is 5.82 Å². The Bertz CT molecular complexity index is 743. The molecule has 132 valence electrons.